The summed E-state index contributed by atoms with van der Waals surface area (Å²) < 4.78 is 5.49. The number of carbonyl (C=O) groups is 3. The number of nitrogens with zero attached hydrogens (tertiary/aromatic N) is 2. The van der Waals surface area contributed by atoms with Crippen molar-refractivity contribution in [3.8, 4) is 0 Å². The van der Waals surface area contributed by atoms with Crippen molar-refractivity contribution in [2.75, 3.05) is 13.1 Å². The van der Waals surface area contributed by atoms with Crippen LogP contribution in [0.2, 0.25) is 0 Å². The number of imide groups is 1. The van der Waals surface area contributed by atoms with E-state index in [4.69, 9.17) is 4.74 Å². The minimum atomic E-state index is -0.481. The molecule has 3 aliphatic rings. The molecular formula is C24H31N3O4. The molecule has 1 atom stereocenters. The SMILES string of the molecule is C=C1c2ccc(C3CCN(C(=O)OC(C)(C)C)CC3)cc2CN1C1CCC(=O)NC1=O. The highest BCUT2D eigenvalue weighted by Crippen LogP contribution is 2.38. The lowest BCUT2D eigenvalue weighted by molar-refractivity contribution is -0.136. The van der Waals surface area contributed by atoms with Crippen molar-refractivity contribution in [3.05, 3.63) is 41.5 Å². The van der Waals surface area contributed by atoms with Crippen LogP contribution in [0.1, 0.15) is 69.1 Å². The Morgan fingerprint density at radius 2 is 1.87 bits per heavy atom. The van der Waals surface area contributed by atoms with Gasteiger partial charge in [0.25, 0.3) is 0 Å². The molecule has 1 unspecified atom stereocenters. The number of fused-ring (bicyclic) bond motifs is 1. The molecule has 7 heteroatoms. The number of piperidine rings is 2. The van der Waals surface area contributed by atoms with E-state index in [0.29, 0.717) is 38.4 Å². The largest absolute Gasteiger partial charge is 0.444 e. The van der Waals surface area contributed by atoms with E-state index in [1.807, 2.05) is 25.7 Å². The summed E-state index contributed by atoms with van der Waals surface area (Å²) in [6, 6.07) is 6.11. The van der Waals surface area contributed by atoms with Gasteiger partial charge < -0.3 is 14.5 Å². The molecule has 3 amide bonds. The second kappa shape index (κ2) is 8.02. The highest BCUT2D eigenvalue weighted by atomic mass is 16.6. The fourth-order valence-corrected chi connectivity index (χ4v) is 4.71. The zero-order valence-corrected chi connectivity index (χ0v) is 18.6. The van der Waals surface area contributed by atoms with Gasteiger partial charge in [0.15, 0.2) is 0 Å². The number of hydrogen-bond donors (Lipinski definition) is 1. The van der Waals surface area contributed by atoms with Crippen LogP contribution in [0.5, 0.6) is 0 Å². The Kier molecular flexibility index (Phi) is 5.54. The number of rotatable bonds is 2. The summed E-state index contributed by atoms with van der Waals surface area (Å²) in [5.74, 6) is -0.0505. The van der Waals surface area contributed by atoms with Crippen molar-refractivity contribution >= 4 is 23.6 Å². The summed E-state index contributed by atoms with van der Waals surface area (Å²) in [6.45, 7) is 11.9. The fourth-order valence-electron chi connectivity index (χ4n) is 4.71. The van der Waals surface area contributed by atoms with Crippen LogP contribution in [0.25, 0.3) is 5.70 Å². The molecule has 3 aliphatic heterocycles. The Morgan fingerprint density at radius 1 is 1.16 bits per heavy atom. The first-order chi connectivity index (χ1) is 14.6. The molecular weight excluding hydrogens is 394 g/mol. The van der Waals surface area contributed by atoms with E-state index in [1.54, 1.807) is 4.90 Å². The lowest BCUT2D eigenvalue weighted by Gasteiger charge is -2.33. The third-order valence-corrected chi connectivity index (χ3v) is 6.33. The highest BCUT2D eigenvalue weighted by molar-refractivity contribution is 6.01. The van der Waals surface area contributed by atoms with Crippen molar-refractivity contribution in [2.45, 2.75) is 70.6 Å². The lowest BCUT2D eigenvalue weighted by Crippen LogP contribution is -2.50. The number of amides is 3. The average Bonchev–Trinajstić information content (AvgIpc) is 3.02. The van der Waals surface area contributed by atoms with E-state index >= 15 is 0 Å². The van der Waals surface area contributed by atoms with Crippen molar-refractivity contribution in [3.63, 3.8) is 0 Å². The van der Waals surface area contributed by atoms with E-state index in [1.165, 1.54) is 11.1 Å². The Bertz CT molecular complexity index is 925. The monoisotopic (exact) mass is 425 g/mol. The zero-order valence-electron chi connectivity index (χ0n) is 18.6. The van der Waals surface area contributed by atoms with Crippen molar-refractivity contribution < 1.29 is 19.1 Å². The van der Waals surface area contributed by atoms with Crippen LogP contribution < -0.4 is 5.32 Å². The molecule has 1 aromatic carbocycles. The molecule has 2 saturated heterocycles. The summed E-state index contributed by atoms with van der Waals surface area (Å²) in [5, 5.41) is 2.44. The lowest BCUT2D eigenvalue weighted by atomic mass is 9.88. The number of ether oxygens (including phenoxy) is 1. The molecule has 0 bridgehead atoms. The van der Waals surface area contributed by atoms with Crippen LogP contribution in [0.4, 0.5) is 4.79 Å². The molecule has 3 heterocycles. The van der Waals surface area contributed by atoms with Crippen molar-refractivity contribution in [2.24, 2.45) is 0 Å². The van der Waals surface area contributed by atoms with Gasteiger partial charge in [0, 0.05) is 37.3 Å². The first-order valence-electron chi connectivity index (χ1n) is 11.0. The van der Waals surface area contributed by atoms with Gasteiger partial charge in [-0.05, 0) is 57.1 Å². The topological polar surface area (TPSA) is 79.0 Å². The van der Waals surface area contributed by atoms with Crippen LogP contribution in [0.3, 0.4) is 0 Å². The average molecular weight is 426 g/mol. The second-order valence-corrected chi connectivity index (χ2v) is 9.70. The third kappa shape index (κ3) is 4.45. The van der Waals surface area contributed by atoms with Crippen molar-refractivity contribution in [1.29, 1.82) is 0 Å². The summed E-state index contributed by atoms with van der Waals surface area (Å²) in [4.78, 5) is 39.9. The summed E-state index contributed by atoms with van der Waals surface area (Å²) in [7, 11) is 0. The van der Waals surface area contributed by atoms with Gasteiger partial charge in [-0.15, -0.1) is 0 Å². The fraction of sp³-hybridized carbons (Fsp3) is 0.542. The van der Waals surface area contributed by atoms with Gasteiger partial charge in [-0.2, -0.15) is 0 Å². The molecule has 0 saturated carbocycles. The van der Waals surface area contributed by atoms with Crippen LogP contribution in [-0.2, 0) is 20.9 Å². The maximum absolute atomic E-state index is 12.3. The highest BCUT2D eigenvalue weighted by Gasteiger charge is 2.36. The molecule has 1 N–H and O–H groups in total. The first kappa shape index (κ1) is 21.4. The normalized spacial score (nSPS) is 22.4. The van der Waals surface area contributed by atoms with Crippen LogP contribution in [0, 0.1) is 0 Å². The number of benzene rings is 1. The minimum Gasteiger partial charge on any atom is -0.444 e. The molecule has 0 aromatic heterocycles. The predicted octanol–water partition coefficient (Wildman–Crippen LogP) is 3.39. The van der Waals surface area contributed by atoms with Gasteiger partial charge in [0.2, 0.25) is 11.8 Å². The summed E-state index contributed by atoms with van der Waals surface area (Å²) in [5.41, 5.74) is 3.86. The standard InChI is InChI=1S/C24H31N3O4/c1-15-19-6-5-17(16-9-11-26(12-10-16)23(30)31-24(2,3)4)13-18(19)14-27(15)20-7-8-21(28)25-22(20)29/h5-6,13,16,20H,1,7-12,14H2,2-4H3,(H,25,28,29). The van der Waals surface area contributed by atoms with E-state index in [0.717, 1.165) is 24.1 Å². The molecule has 166 valence electrons. The maximum atomic E-state index is 12.3. The van der Waals surface area contributed by atoms with Gasteiger partial charge in [-0.3, -0.25) is 14.9 Å². The number of likely N-dealkylation sites (tertiary alicyclic amines) is 1. The van der Waals surface area contributed by atoms with Crippen LogP contribution >= 0.6 is 0 Å². The van der Waals surface area contributed by atoms with E-state index in [9.17, 15) is 14.4 Å². The molecule has 7 nitrogen and oxygen atoms in total. The van der Waals surface area contributed by atoms with Gasteiger partial charge in [0.05, 0.1) is 0 Å². The zero-order chi connectivity index (χ0) is 22.3. The molecule has 0 aliphatic carbocycles. The van der Waals surface area contributed by atoms with E-state index < -0.39 is 5.60 Å². The van der Waals surface area contributed by atoms with Gasteiger partial charge >= 0.3 is 6.09 Å². The van der Waals surface area contributed by atoms with E-state index in [2.05, 4.69) is 30.1 Å². The van der Waals surface area contributed by atoms with Gasteiger partial charge in [0.1, 0.15) is 11.6 Å². The maximum Gasteiger partial charge on any atom is 0.410 e. The quantitative estimate of drug-likeness (QED) is 0.735. The molecule has 0 spiro atoms. The molecule has 4 rings (SSSR count). The minimum absolute atomic E-state index is 0.205. The Hall–Kier alpha value is -2.83. The number of carbonyl (C=O) groups excluding carboxylic acids is 3. The molecule has 2 fully saturated rings. The Labute approximate surface area is 183 Å². The van der Waals surface area contributed by atoms with E-state index in [-0.39, 0.29) is 23.9 Å². The molecule has 31 heavy (non-hydrogen) atoms. The second-order valence-electron chi connectivity index (χ2n) is 9.70. The number of hydrogen-bond acceptors (Lipinski definition) is 5. The smallest absolute Gasteiger partial charge is 0.410 e. The van der Waals surface area contributed by atoms with Crippen molar-refractivity contribution in [1.82, 2.24) is 15.1 Å². The van der Waals surface area contributed by atoms with Gasteiger partial charge in [-0.25, -0.2) is 4.79 Å². The number of nitrogens with one attached hydrogen (secondary N) is 1. The Morgan fingerprint density at radius 3 is 2.52 bits per heavy atom. The third-order valence-electron chi connectivity index (χ3n) is 6.33. The molecule has 1 aromatic rings. The predicted molar refractivity (Wildman–Crippen MR) is 117 cm³/mol. The Balaban J connectivity index is 1.41. The first-order valence-corrected chi connectivity index (χ1v) is 11.0. The summed E-state index contributed by atoms with van der Waals surface area (Å²) in [6.07, 6.45) is 2.44. The van der Waals surface area contributed by atoms with Crippen LogP contribution in [0.15, 0.2) is 24.8 Å². The summed E-state index contributed by atoms with van der Waals surface area (Å²) >= 11 is 0. The molecule has 0 radical (unpaired) electrons. The van der Waals surface area contributed by atoms with Gasteiger partial charge in [-0.1, -0.05) is 24.8 Å². The van der Waals surface area contributed by atoms with Crippen LogP contribution in [-0.4, -0.2) is 52.4 Å².